The minimum Gasteiger partial charge on any atom is -0.508 e. The first-order valence-corrected chi connectivity index (χ1v) is 6.05. The molecular weight excluding hydrogens is 242 g/mol. The van der Waals surface area contributed by atoms with E-state index in [0.717, 1.165) is 0 Å². The van der Waals surface area contributed by atoms with E-state index in [2.05, 4.69) is 0 Å². The molecule has 2 aromatic rings. The summed E-state index contributed by atoms with van der Waals surface area (Å²) >= 11 is 0. The van der Waals surface area contributed by atoms with E-state index >= 15 is 0 Å². The summed E-state index contributed by atoms with van der Waals surface area (Å²) in [5.74, 6) is -0.0355. The number of nitrogens with zero attached hydrogens (tertiary/aromatic N) is 2. The van der Waals surface area contributed by atoms with Crippen LogP contribution >= 0.6 is 0 Å². The van der Waals surface area contributed by atoms with Crippen molar-refractivity contribution in [3.05, 3.63) is 42.2 Å². The molecule has 0 atom stereocenters. The number of aromatic nitrogens is 1. The Hall–Kier alpha value is -2.43. The fraction of sp³-hybridized carbons (Fsp3) is 0.214. The monoisotopic (exact) mass is 259 g/mol. The number of aromatic hydroxyl groups is 1. The van der Waals surface area contributed by atoms with Crippen molar-refractivity contribution in [2.24, 2.45) is 0 Å². The van der Waals surface area contributed by atoms with Crippen LogP contribution in [0.2, 0.25) is 0 Å². The predicted molar refractivity (Wildman–Crippen MR) is 75.4 cm³/mol. The average Bonchev–Trinajstić information content (AvgIpc) is 2.78. The molecule has 0 radical (unpaired) electrons. The van der Waals surface area contributed by atoms with Gasteiger partial charge in [0, 0.05) is 31.5 Å². The molecule has 1 heterocycles. The molecule has 1 aromatic heterocycles. The van der Waals surface area contributed by atoms with Gasteiger partial charge in [0.05, 0.1) is 5.69 Å². The van der Waals surface area contributed by atoms with Crippen molar-refractivity contribution in [3.63, 3.8) is 0 Å². The van der Waals surface area contributed by atoms with Gasteiger partial charge in [-0.15, -0.1) is 0 Å². The average molecular weight is 259 g/mol. The first kappa shape index (κ1) is 13.0. The van der Waals surface area contributed by atoms with Gasteiger partial charge in [0.2, 0.25) is 0 Å². The Morgan fingerprint density at radius 2 is 2.16 bits per heavy atom. The van der Waals surface area contributed by atoms with Gasteiger partial charge in [0.15, 0.2) is 0 Å². The zero-order valence-corrected chi connectivity index (χ0v) is 11.0. The Labute approximate surface area is 111 Å². The molecule has 3 N–H and O–H groups in total. The van der Waals surface area contributed by atoms with Crippen LogP contribution in [-0.2, 0) is 6.54 Å². The molecule has 1 amide bonds. The highest BCUT2D eigenvalue weighted by molar-refractivity contribution is 6.05. The van der Waals surface area contributed by atoms with Crippen molar-refractivity contribution in [2.45, 2.75) is 13.5 Å². The van der Waals surface area contributed by atoms with Crippen LogP contribution in [0.5, 0.6) is 5.75 Å². The van der Waals surface area contributed by atoms with Gasteiger partial charge in [0.25, 0.3) is 5.91 Å². The molecule has 5 nitrogen and oxygen atoms in total. The van der Waals surface area contributed by atoms with E-state index in [9.17, 15) is 9.90 Å². The lowest BCUT2D eigenvalue weighted by Crippen LogP contribution is -2.28. The molecule has 0 saturated heterocycles. The number of amides is 1. The van der Waals surface area contributed by atoms with Crippen molar-refractivity contribution in [1.29, 1.82) is 0 Å². The Balaban J connectivity index is 2.33. The minimum atomic E-state index is -0.163. The molecule has 0 aliphatic heterocycles. The van der Waals surface area contributed by atoms with Crippen LogP contribution in [0.25, 0.3) is 0 Å². The van der Waals surface area contributed by atoms with Crippen molar-refractivity contribution in [3.8, 4) is 5.75 Å². The van der Waals surface area contributed by atoms with E-state index in [1.165, 1.54) is 4.90 Å². The summed E-state index contributed by atoms with van der Waals surface area (Å²) in [7, 11) is 1.67. The van der Waals surface area contributed by atoms with Gasteiger partial charge < -0.3 is 20.3 Å². The van der Waals surface area contributed by atoms with Gasteiger partial charge >= 0.3 is 0 Å². The third kappa shape index (κ3) is 2.54. The number of hydrogen-bond acceptors (Lipinski definition) is 3. The molecule has 0 unspecified atom stereocenters. The Morgan fingerprint density at radius 3 is 2.79 bits per heavy atom. The lowest BCUT2D eigenvalue weighted by molar-refractivity contribution is 0.0984. The summed E-state index contributed by atoms with van der Waals surface area (Å²) in [5.41, 5.74) is 7.45. The third-order valence-corrected chi connectivity index (χ3v) is 3.00. The molecule has 0 spiro atoms. The van der Waals surface area contributed by atoms with Crippen molar-refractivity contribution in [2.75, 3.05) is 17.7 Å². The normalized spacial score (nSPS) is 10.4. The molecule has 0 aliphatic carbocycles. The van der Waals surface area contributed by atoms with Crippen LogP contribution in [0.15, 0.2) is 36.5 Å². The number of carbonyl (C=O) groups excluding carboxylic acids is 1. The second-order valence-electron chi connectivity index (χ2n) is 4.33. The number of nitrogen functional groups attached to an aromatic ring is 1. The molecule has 100 valence electrons. The van der Waals surface area contributed by atoms with Crippen molar-refractivity contribution >= 4 is 17.3 Å². The Morgan fingerprint density at radius 1 is 1.42 bits per heavy atom. The summed E-state index contributed by atoms with van der Waals surface area (Å²) in [6, 6.07) is 8.22. The maximum atomic E-state index is 12.4. The number of benzene rings is 1. The van der Waals surface area contributed by atoms with Crippen LogP contribution < -0.4 is 10.6 Å². The molecule has 0 bridgehead atoms. The summed E-state index contributed by atoms with van der Waals surface area (Å²) in [4.78, 5) is 13.9. The maximum absolute atomic E-state index is 12.4. The maximum Gasteiger partial charge on any atom is 0.274 e. The number of aryl methyl sites for hydroxylation is 1. The van der Waals surface area contributed by atoms with Crippen LogP contribution in [-0.4, -0.2) is 22.6 Å². The number of phenols is 1. The zero-order valence-electron chi connectivity index (χ0n) is 11.0. The molecule has 1 aromatic carbocycles. The number of nitrogens with two attached hydrogens (primary N) is 1. The van der Waals surface area contributed by atoms with E-state index in [0.29, 0.717) is 23.6 Å². The Bertz CT molecular complexity index is 604. The zero-order chi connectivity index (χ0) is 14.0. The van der Waals surface area contributed by atoms with Gasteiger partial charge in [0.1, 0.15) is 11.4 Å². The molecule has 0 fully saturated rings. The SMILES string of the molecule is CCn1cc(N)cc1C(=O)N(C)c1cccc(O)c1. The lowest BCUT2D eigenvalue weighted by Gasteiger charge is -2.18. The fourth-order valence-electron chi connectivity index (χ4n) is 1.96. The molecule has 0 aliphatic rings. The highest BCUT2D eigenvalue weighted by atomic mass is 16.3. The van der Waals surface area contributed by atoms with Gasteiger partial charge in [-0.25, -0.2) is 0 Å². The summed E-state index contributed by atoms with van der Waals surface area (Å²) < 4.78 is 1.80. The molecule has 0 saturated carbocycles. The van der Waals surface area contributed by atoms with Crippen LogP contribution in [0, 0.1) is 0 Å². The number of rotatable bonds is 3. The van der Waals surface area contributed by atoms with Gasteiger partial charge in [-0.1, -0.05) is 6.07 Å². The number of anilines is 2. The molecular formula is C14H17N3O2. The van der Waals surface area contributed by atoms with Crippen LogP contribution in [0.3, 0.4) is 0 Å². The summed E-state index contributed by atoms with van der Waals surface area (Å²) in [5, 5.41) is 9.46. The third-order valence-electron chi connectivity index (χ3n) is 3.00. The van der Waals surface area contributed by atoms with Crippen LogP contribution in [0.1, 0.15) is 17.4 Å². The smallest absolute Gasteiger partial charge is 0.274 e. The fourth-order valence-corrected chi connectivity index (χ4v) is 1.96. The number of hydrogen-bond donors (Lipinski definition) is 2. The van der Waals surface area contributed by atoms with Gasteiger partial charge in [-0.3, -0.25) is 4.79 Å². The highest BCUT2D eigenvalue weighted by Gasteiger charge is 2.18. The first-order valence-electron chi connectivity index (χ1n) is 6.05. The number of carbonyl (C=O) groups is 1. The quantitative estimate of drug-likeness (QED) is 0.886. The highest BCUT2D eigenvalue weighted by Crippen LogP contribution is 2.21. The van der Waals surface area contributed by atoms with Crippen molar-refractivity contribution in [1.82, 2.24) is 4.57 Å². The first-order chi connectivity index (χ1) is 9.02. The second-order valence-corrected chi connectivity index (χ2v) is 4.33. The van der Waals surface area contributed by atoms with Crippen molar-refractivity contribution < 1.29 is 9.90 Å². The van der Waals surface area contributed by atoms with E-state index in [-0.39, 0.29) is 11.7 Å². The molecule has 5 heteroatoms. The van der Waals surface area contributed by atoms with E-state index in [1.807, 2.05) is 6.92 Å². The van der Waals surface area contributed by atoms with Gasteiger partial charge in [-0.2, -0.15) is 0 Å². The largest absolute Gasteiger partial charge is 0.508 e. The van der Waals surface area contributed by atoms with Gasteiger partial charge in [-0.05, 0) is 25.1 Å². The molecule has 2 rings (SSSR count). The standard InChI is InChI=1S/C14H17N3O2/c1-3-17-9-10(15)7-13(17)14(19)16(2)11-5-4-6-12(18)8-11/h4-9,18H,3,15H2,1-2H3. The Kier molecular flexibility index (Phi) is 3.46. The minimum absolute atomic E-state index is 0.127. The second kappa shape index (κ2) is 5.06. The van der Waals surface area contributed by atoms with E-state index in [4.69, 9.17) is 5.73 Å². The molecule has 19 heavy (non-hydrogen) atoms. The van der Waals surface area contributed by atoms with E-state index < -0.39 is 0 Å². The lowest BCUT2D eigenvalue weighted by atomic mass is 10.2. The topological polar surface area (TPSA) is 71.5 Å². The number of phenolic OH excluding ortho intramolecular Hbond substituents is 1. The predicted octanol–water partition coefficient (Wildman–Crippen LogP) is 2.07. The summed E-state index contributed by atoms with van der Waals surface area (Å²) in [6.07, 6.45) is 1.74. The summed E-state index contributed by atoms with van der Waals surface area (Å²) in [6.45, 7) is 2.62. The van der Waals surface area contributed by atoms with E-state index in [1.54, 1.807) is 48.1 Å². The van der Waals surface area contributed by atoms with Crippen LogP contribution in [0.4, 0.5) is 11.4 Å².